The summed E-state index contributed by atoms with van der Waals surface area (Å²) in [5.74, 6) is -1.10. The molecule has 0 aromatic heterocycles. The van der Waals surface area contributed by atoms with Crippen LogP contribution in [-0.4, -0.2) is 34.7 Å². The molecule has 1 aromatic rings. The Kier molecular flexibility index (Phi) is 4.68. The van der Waals surface area contributed by atoms with Crippen molar-refractivity contribution in [2.75, 3.05) is 6.54 Å². The van der Waals surface area contributed by atoms with Crippen LogP contribution in [-0.2, 0) is 0 Å². The van der Waals surface area contributed by atoms with Gasteiger partial charge in [-0.15, -0.1) is 0 Å². The number of phenols is 1. The van der Waals surface area contributed by atoms with Crippen LogP contribution in [0.4, 0.5) is 13.2 Å². The van der Waals surface area contributed by atoms with Crippen molar-refractivity contribution in [3.8, 4) is 5.75 Å². The molecule has 0 saturated heterocycles. The second-order valence-electron chi connectivity index (χ2n) is 4.31. The van der Waals surface area contributed by atoms with Gasteiger partial charge in [0, 0.05) is 6.04 Å². The topological polar surface area (TPSA) is 40.5 Å². The van der Waals surface area contributed by atoms with E-state index in [4.69, 9.17) is 11.6 Å². The van der Waals surface area contributed by atoms with Gasteiger partial charge in [-0.3, -0.25) is 4.79 Å². The van der Waals surface area contributed by atoms with Crippen LogP contribution in [0.3, 0.4) is 0 Å². The fourth-order valence-corrected chi connectivity index (χ4v) is 1.71. The van der Waals surface area contributed by atoms with Crippen LogP contribution in [0.5, 0.6) is 5.75 Å². The number of nitrogens with zero attached hydrogens (tertiary/aromatic N) is 1. The molecule has 0 unspecified atom stereocenters. The molecule has 0 fully saturated rings. The zero-order valence-electron chi connectivity index (χ0n) is 10.3. The largest absolute Gasteiger partial charge is 0.508 e. The molecule has 0 atom stereocenters. The van der Waals surface area contributed by atoms with E-state index in [1.54, 1.807) is 0 Å². The highest BCUT2D eigenvalue weighted by molar-refractivity contribution is 6.33. The van der Waals surface area contributed by atoms with Crippen molar-refractivity contribution < 1.29 is 23.1 Å². The van der Waals surface area contributed by atoms with Gasteiger partial charge in [0.15, 0.2) is 0 Å². The van der Waals surface area contributed by atoms with Gasteiger partial charge < -0.3 is 10.0 Å². The van der Waals surface area contributed by atoms with Crippen LogP contribution in [0, 0.1) is 0 Å². The van der Waals surface area contributed by atoms with Crippen LogP contribution >= 0.6 is 11.6 Å². The molecule has 1 aromatic carbocycles. The first kappa shape index (κ1) is 15.6. The molecule has 0 spiro atoms. The van der Waals surface area contributed by atoms with E-state index in [-0.39, 0.29) is 16.3 Å². The normalized spacial score (nSPS) is 11.7. The summed E-state index contributed by atoms with van der Waals surface area (Å²) in [4.78, 5) is 12.7. The maximum absolute atomic E-state index is 12.4. The second kappa shape index (κ2) is 5.69. The van der Waals surface area contributed by atoms with Gasteiger partial charge in [0.2, 0.25) is 0 Å². The van der Waals surface area contributed by atoms with Gasteiger partial charge in [-0.1, -0.05) is 11.6 Å². The maximum atomic E-state index is 12.4. The lowest BCUT2D eigenvalue weighted by atomic mass is 10.1. The average molecular weight is 296 g/mol. The predicted molar refractivity (Wildman–Crippen MR) is 65.3 cm³/mol. The molecule has 1 rings (SSSR count). The molecule has 19 heavy (non-hydrogen) atoms. The van der Waals surface area contributed by atoms with E-state index in [2.05, 4.69) is 0 Å². The molecule has 1 amide bonds. The van der Waals surface area contributed by atoms with Gasteiger partial charge in [0.05, 0.1) is 10.6 Å². The highest BCUT2D eigenvalue weighted by atomic mass is 35.5. The van der Waals surface area contributed by atoms with Crippen LogP contribution in [0.1, 0.15) is 24.2 Å². The Morgan fingerprint density at radius 2 is 2.00 bits per heavy atom. The van der Waals surface area contributed by atoms with E-state index in [1.165, 1.54) is 26.0 Å². The monoisotopic (exact) mass is 295 g/mol. The number of alkyl halides is 3. The van der Waals surface area contributed by atoms with Crippen LogP contribution in [0.2, 0.25) is 5.02 Å². The number of rotatable bonds is 3. The Bertz CT molecular complexity index is 475. The molecule has 0 aliphatic carbocycles. The molecule has 106 valence electrons. The number of aromatic hydroxyl groups is 1. The molecule has 0 aliphatic heterocycles. The van der Waals surface area contributed by atoms with Crippen molar-refractivity contribution in [2.45, 2.75) is 26.1 Å². The number of halogens is 4. The molecule has 1 N–H and O–H groups in total. The average Bonchev–Trinajstić information content (AvgIpc) is 2.27. The van der Waals surface area contributed by atoms with Gasteiger partial charge in [0.1, 0.15) is 12.3 Å². The summed E-state index contributed by atoms with van der Waals surface area (Å²) in [6, 6.07) is 2.92. The molecule has 0 radical (unpaired) electrons. The van der Waals surface area contributed by atoms with Crippen molar-refractivity contribution in [2.24, 2.45) is 0 Å². The van der Waals surface area contributed by atoms with Gasteiger partial charge in [-0.2, -0.15) is 13.2 Å². The molecule has 0 saturated carbocycles. The quantitative estimate of drug-likeness (QED) is 0.928. The van der Waals surface area contributed by atoms with Crippen LogP contribution in [0.25, 0.3) is 0 Å². The number of hydrogen-bond acceptors (Lipinski definition) is 2. The SMILES string of the molecule is CC(C)N(CC(F)(F)F)C(=O)c1cc(O)ccc1Cl. The summed E-state index contributed by atoms with van der Waals surface area (Å²) in [5, 5.41) is 9.28. The number of benzene rings is 1. The first-order valence-corrected chi connectivity index (χ1v) is 5.86. The lowest BCUT2D eigenvalue weighted by Gasteiger charge is -2.28. The van der Waals surface area contributed by atoms with E-state index in [0.717, 1.165) is 6.07 Å². The predicted octanol–water partition coefficient (Wildman–Crippen LogP) is 3.46. The Hall–Kier alpha value is -1.43. The summed E-state index contributed by atoms with van der Waals surface area (Å²) in [5.41, 5.74) is -0.153. The van der Waals surface area contributed by atoms with Crippen molar-refractivity contribution in [3.05, 3.63) is 28.8 Å². The molecular weight excluding hydrogens is 283 g/mol. The summed E-state index contributed by atoms with van der Waals surface area (Å²) in [7, 11) is 0. The summed E-state index contributed by atoms with van der Waals surface area (Å²) >= 11 is 5.77. The van der Waals surface area contributed by atoms with Gasteiger partial charge >= 0.3 is 6.18 Å². The second-order valence-corrected chi connectivity index (χ2v) is 4.71. The van der Waals surface area contributed by atoms with Gasteiger partial charge in [-0.25, -0.2) is 0 Å². The minimum Gasteiger partial charge on any atom is -0.508 e. The van der Waals surface area contributed by atoms with E-state index in [0.29, 0.717) is 4.90 Å². The molecule has 7 heteroatoms. The summed E-state index contributed by atoms with van der Waals surface area (Å²) < 4.78 is 37.3. The number of amides is 1. The highest BCUT2D eigenvalue weighted by Gasteiger charge is 2.35. The Morgan fingerprint density at radius 1 is 1.42 bits per heavy atom. The van der Waals surface area contributed by atoms with Crippen molar-refractivity contribution >= 4 is 17.5 Å². The van der Waals surface area contributed by atoms with E-state index < -0.39 is 24.7 Å². The smallest absolute Gasteiger partial charge is 0.406 e. The Labute approximate surface area is 113 Å². The van der Waals surface area contributed by atoms with E-state index >= 15 is 0 Å². The summed E-state index contributed by atoms with van der Waals surface area (Å²) in [6.07, 6.45) is -4.50. The Morgan fingerprint density at radius 3 is 2.47 bits per heavy atom. The zero-order valence-corrected chi connectivity index (χ0v) is 11.1. The van der Waals surface area contributed by atoms with Gasteiger partial charge in [0.25, 0.3) is 5.91 Å². The number of carbonyl (C=O) groups excluding carboxylic acids is 1. The maximum Gasteiger partial charge on any atom is 0.406 e. The molecule has 0 bridgehead atoms. The molecule has 0 aliphatic rings. The standard InChI is InChI=1S/C12H13ClF3NO2/c1-7(2)17(6-12(14,15)16)11(19)9-5-8(18)3-4-10(9)13/h3-5,7,18H,6H2,1-2H3. The van der Waals surface area contributed by atoms with Crippen molar-refractivity contribution in [3.63, 3.8) is 0 Å². The van der Waals surface area contributed by atoms with Crippen molar-refractivity contribution in [1.29, 1.82) is 0 Å². The lowest BCUT2D eigenvalue weighted by molar-refractivity contribution is -0.143. The third kappa shape index (κ3) is 4.31. The van der Waals surface area contributed by atoms with Crippen molar-refractivity contribution in [1.82, 2.24) is 4.90 Å². The van der Waals surface area contributed by atoms with Gasteiger partial charge in [-0.05, 0) is 32.0 Å². The van der Waals surface area contributed by atoms with Crippen LogP contribution < -0.4 is 0 Å². The third-order valence-corrected chi connectivity index (χ3v) is 2.74. The fraction of sp³-hybridized carbons (Fsp3) is 0.417. The first-order chi connectivity index (χ1) is 8.61. The Balaban J connectivity index is 3.09. The molecule has 0 heterocycles. The van der Waals surface area contributed by atoms with E-state index in [1.807, 2.05) is 0 Å². The van der Waals surface area contributed by atoms with Crippen LogP contribution in [0.15, 0.2) is 18.2 Å². The van der Waals surface area contributed by atoms with E-state index in [9.17, 15) is 23.1 Å². The minimum absolute atomic E-state index is 0.00405. The lowest BCUT2D eigenvalue weighted by Crippen LogP contribution is -2.43. The zero-order chi connectivity index (χ0) is 14.8. The fourth-order valence-electron chi connectivity index (χ4n) is 1.51. The number of hydrogen-bond donors (Lipinski definition) is 1. The first-order valence-electron chi connectivity index (χ1n) is 5.48. The third-order valence-electron chi connectivity index (χ3n) is 2.41. The minimum atomic E-state index is -4.50. The highest BCUT2D eigenvalue weighted by Crippen LogP contribution is 2.25. The number of carbonyl (C=O) groups is 1. The number of phenolic OH excluding ortho intramolecular Hbond substituents is 1. The summed E-state index contributed by atoms with van der Waals surface area (Å²) in [6.45, 7) is 1.58. The molecular formula is C12H13ClF3NO2. The molecule has 3 nitrogen and oxygen atoms in total.